The monoisotopic (exact) mass is 186 g/mol. The van der Waals surface area contributed by atoms with Crippen LogP contribution in [-0.4, -0.2) is 30.6 Å². The van der Waals surface area contributed by atoms with Crippen LogP contribution in [0.4, 0.5) is 0 Å². The van der Waals surface area contributed by atoms with Gasteiger partial charge in [0.1, 0.15) is 0 Å². The first-order valence-electron chi connectivity index (χ1n) is 5.45. The average Bonchev–Trinajstić information content (AvgIpc) is 2.02. The lowest BCUT2D eigenvalue weighted by molar-refractivity contribution is 0.225. The van der Waals surface area contributed by atoms with E-state index >= 15 is 0 Å². The zero-order chi connectivity index (χ0) is 10.4. The molecule has 80 valence electrons. The first-order valence-corrected chi connectivity index (χ1v) is 5.45. The lowest BCUT2D eigenvalue weighted by Gasteiger charge is -2.27. The van der Waals surface area contributed by atoms with Crippen LogP contribution in [0.1, 0.15) is 34.6 Å². The van der Waals surface area contributed by atoms with Crippen molar-refractivity contribution in [3.05, 3.63) is 0 Å². The summed E-state index contributed by atoms with van der Waals surface area (Å²) in [6.45, 7) is 14.4. The van der Waals surface area contributed by atoms with Gasteiger partial charge in [-0.15, -0.1) is 0 Å². The molecule has 0 saturated carbocycles. The van der Waals surface area contributed by atoms with E-state index in [1.54, 1.807) is 0 Å². The van der Waals surface area contributed by atoms with Crippen LogP contribution in [0.15, 0.2) is 0 Å². The van der Waals surface area contributed by atoms with Crippen molar-refractivity contribution in [1.29, 1.82) is 0 Å². The minimum atomic E-state index is 0.318. The normalized spacial score (nSPS) is 14.5. The number of nitrogens with two attached hydrogens (primary N) is 1. The van der Waals surface area contributed by atoms with Crippen molar-refractivity contribution < 1.29 is 0 Å². The van der Waals surface area contributed by atoms with E-state index in [0.717, 1.165) is 25.6 Å². The maximum Gasteiger partial charge on any atom is 0.0191 e. The lowest BCUT2D eigenvalue weighted by Crippen LogP contribution is -2.42. The number of hydrogen-bond donors (Lipinski definition) is 1. The van der Waals surface area contributed by atoms with E-state index in [1.807, 2.05) is 0 Å². The van der Waals surface area contributed by atoms with Crippen molar-refractivity contribution >= 4 is 0 Å². The standard InChI is InChI=1S/C11H26N2/c1-6-13(7-9(2)3)8-11(12)10(4)5/h9-11H,6-8,12H2,1-5H3. The molecular weight excluding hydrogens is 160 g/mol. The van der Waals surface area contributed by atoms with Gasteiger partial charge in [-0.1, -0.05) is 34.6 Å². The van der Waals surface area contributed by atoms with Crippen LogP contribution in [0.3, 0.4) is 0 Å². The van der Waals surface area contributed by atoms with Gasteiger partial charge in [0.25, 0.3) is 0 Å². The molecule has 0 aliphatic rings. The smallest absolute Gasteiger partial charge is 0.0191 e. The molecule has 0 rings (SSSR count). The highest BCUT2D eigenvalue weighted by Gasteiger charge is 2.12. The summed E-state index contributed by atoms with van der Waals surface area (Å²) < 4.78 is 0. The minimum absolute atomic E-state index is 0.318. The fourth-order valence-electron chi connectivity index (χ4n) is 1.36. The molecule has 13 heavy (non-hydrogen) atoms. The molecule has 0 aromatic rings. The third-order valence-electron chi connectivity index (χ3n) is 2.40. The first-order chi connectivity index (χ1) is 5.97. The second-order valence-corrected chi connectivity index (χ2v) is 4.65. The Labute approximate surface area is 83.5 Å². The molecule has 0 spiro atoms. The summed E-state index contributed by atoms with van der Waals surface area (Å²) in [6, 6.07) is 0.318. The van der Waals surface area contributed by atoms with E-state index in [0.29, 0.717) is 12.0 Å². The predicted octanol–water partition coefficient (Wildman–Crippen LogP) is 1.95. The molecule has 0 bridgehead atoms. The van der Waals surface area contributed by atoms with Crippen molar-refractivity contribution in [2.45, 2.75) is 40.7 Å². The van der Waals surface area contributed by atoms with Gasteiger partial charge in [0.2, 0.25) is 0 Å². The van der Waals surface area contributed by atoms with Crippen molar-refractivity contribution in [2.75, 3.05) is 19.6 Å². The summed E-state index contributed by atoms with van der Waals surface area (Å²) in [6.07, 6.45) is 0. The van der Waals surface area contributed by atoms with Gasteiger partial charge in [-0.2, -0.15) is 0 Å². The molecule has 0 aliphatic carbocycles. The van der Waals surface area contributed by atoms with Crippen LogP contribution in [0.2, 0.25) is 0 Å². The lowest BCUT2D eigenvalue weighted by atomic mass is 10.0. The predicted molar refractivity (Wildman–Crippen MR) is 59.8 cm³/mol. The molecule has 2 N–H and O–H groups in total. The molecule has 0 fully saturated rings. The van der Waals surface area contributed by atoms with Crippen LogP contribution in [0.25, 0.3) is 0 Å². The average molecular weight is 186 g/mol. The Morgan fingerprint density at radius 1 is 1.08 bits per heavy atom. The number of nitrogens with zero attached hydrogens (tertiary/aromatic N) is 1. The second kappa shape index (κ2) is 6.39. The molecule has 0 amide bonds. The third kappa shape index (κ3) is 6.05. The fourth-order valence-corrected chi connectivity index (χ4v) is 1.36. The SMILES string of the molecule is CCN(CC(C)C)CC(N)C(C)C. The quantitative estimate of drug-likeness (QED) is 0.687. The molecule has 1 atom stereocenters. The molecule has 0 saturated heterocycles. The largest absolute Gasteiger partial charge is 0.326 e. The molecular formula is C11H26N2. The summed E-state index contributed by atoms with van der Waals surface area (Å²) in [4.78, 5) is 2.44. The van der Waals surface area contributed by atoms with Gasteiger partial charge in [-0.25, -0.2) is 0 Å². The molecule has 0 aliphatic heterocycles. The summed E-state index contributed by atoms with van der Waals surface area (Å²) in [5.74, 6) is 1.32. The number of likely N-dealkylation sites (N-methyl/N-ethyl adjacent to an activating group) is 1. The van der Waals surface area contributed by atoms with Crippen LogP contribution in [-0.2, 0) is 0 Å². The van der Waals surface area contributed by atoms with Crippen LogP contribution < -0.4 is 5.73 Å². The summed E-state index contributed by atoms with van der Waals surface area (Å²) in [5, 5.41) is 0. The Kier molecular flexibility index (Phi) is 6.35. The molecule has 2 nitrogen and oxygen atoms in total. The van der Waals surface area contributed by atoms with Gasteiger partial charge in [0.05, 0.1) is 0 Å². The van der Waals surface area contributed by atoms with Gasteiger partial charge in [-0.3, -0.25) is 0 Å². The van der Waals surface area contributed by atoms with Crippen molar-refractivity contribution in [3.8, 4) is 0 Å². The molecule has 0 heterocycles. The van der Waals surface area contributed by atoms with Gasteiger partial charge >= 0.3 is 0 Å². The zero-order valence-corrected chi connectivity index (χ0v) is 9.88. The Hall–Kier alpha value is -0.0800. The fraction of sp³-hybridized carbons (Fsp3) is 1.00. The van der Waals surface area contributed by atoms with Crippen molar-refractivity contribution in [2.24, 2.45) is 17.6 Å². The van der Waals surface area contributed by atoms with E-state index in [2.05, 4.69) is 39.5 Å². The molecule has 2 heteroatoms. The number of hydrogen-bond acceptors (Lipinski definition) is 2. The first kappa shape index (κ1) is 12.9. The third-order valence-corrected chi connectivity index (χ3v) is 2.40. The van der Waals surface area contributed by atoms with E-state index in [1.165, 1.54) is 0 Å². The van der Waals surface area contributed by atoms with Crippen LogP contribution in [0.5, 0.6) is 0 Å². The van der Waals surface area contributed by atoms with Gasteiger partial charge in [0.15, 0.2) is 0 Å². The zero-order valence-electron chi connectivity index (χ0n) is 9.88. The minimum Gasteiger partial charge on any atom is -0.326 e. The molecule has 0 aromatic carbocycles. The second-order valence-electron chi connectivity index (χ2n) is 4.65. The maximum atomic E-state index is 6.03. The highest BCUT2D eigenvalue weighted by molar-refractivity contribution is 4.71. The highest BCUT2D eigenvalue weighted by atomic mass is 15.1. The van der Waals surface area contributed by atoms with Crippen LogP contribution in [0, 0.1) is 11.8 Å². The van der Waals surface area contributed by atoms with Gasteiger partial charge < -0.3 is 10.6 Å². The van der Waals surface area contributed by atoms with Crippen molar-refractivity contribution in [1.82, 2.24) is 4.90 Å². The molecule has 0 radical (unpaired) electrons. The van der Waals surface area contributed by atoms with E-state index in [4.69, 9.17) is 5.73 Å². The Morgan fingerprint density at radius 3 is 1.92 bits per heavy atom. The molecule has 0 aromatic heterocycles. The van der Waals surface area contributed by atoms with E-state index < -0.39 is 0 Å². The maximum absolute atomic E-state index is 6.03. The highest BCUT2D eigenvalue weighted by Crippen LogP contribution is 2.04. The molecule has 1 unspecified atom stereocenters. The van der Waals surface area contributed by atoms with E-state index in [9.17, 15) is 0 Å². The summed E-state index contributed by atoms with van der Waals surface area (Å²) in [7, 11) is 0. The Bertz CT molecular complexity index is 121. The van der Waals surface area contributed by atoms with Gasteiger partial charge in [-0.05, 0) is 18.4 Å². The number of rotatable bonds is 6. The Morgan fingerprint density at radius 2 is 1.62 bits per heavy atom. The summed E-state index contributed by atoms with van der Waals surface area (Å²) in [5.41, 5.74) is 6.03. The van der Waals surface area contributed by atoms with Crippen LogP contribution >= 0.6 is 0 Å². The topological polar surface area (TPSA) is 29.3 Å². The summed E-state index contributed by atoms with van der Waals surface area (Å²) >= 11 is 0. The van der Waals surface area contributed by atoms with Crippen molar-refractivity contribution in [3.63, 3.8) is 0 Å². The Balaban J connectivity index is 3.83. The van der Waals surface area contributed by atoms with Gasteiger partial charge in [0, 0.05) is 19.1 Å². The van der Waals surface area contributed by atoms with E-state index in [-0.39, 0.29) is 0 Å².